The van der Waals surface area contributed by atoms with Gasteiger partial charge in [0.05, 0.1) is 4.90 Å². The van der Waals surface area contributed by atoms with Crippen molar-refractivity contribution in [3.8, 4) is 0 Å². The van der Waals surface area contributed by atoms with Gasteiger partial charge in [0.2, 0.25) is 5.91 Å². The number of nitrogens with one attached hydrogen (secondary N) is 1. The number of sulfone groups is 1. The summed E-state index contributed by atoms with van der Waals surface area (Å²) in [5, 5.41) is 10.8. The summed E-state index contributed by atoms with van der Waals surface area (Å²) in [6, 6.07) is 4.33. The minimum Gasteiger partial charge on any atom is -0.478 e. The van der Waals surface area contributed by atoms with Crippen molar-refractivity contribution in [1.82, 2.24) is 0 Å². The van der Waals surface area contributed by atoms with Crippen molar-refractivity contribution in [2.45, 2.75) is 11.8 Å². The maximum absolute atomic E-state index is 11.4. The van der Waals surface area contributed by atoms with Gasteiger partial charge in [-0.2, -0.15) is 0 Å². The molecule has 1 amide bonds. The van der Waals surface area contributed by atoms with Gasteiger partial charge in [-0.25, -0.2) is 13.2 Å². The lowest BCUT2D eigenvalue weighted by molar-refractivity contribution is -0.131. The molecule has 0 aliphatic carbocycles. The van der Waals surface area contributed by atoms with Gasteiger partial charge < -0.3 is 10.4 Å². The molecule has 0 spiro atoms. The van der Waals surface area contributed by atoms with E-state index in [4.69, 9.17) is 5.11 Å². The van der Waals surface area contributed by atoms with Crippen LogP contribution in [-0.4, -0.2) is 31.7 Å². The van der Waals surface area contributed by atoms with Gasteiger partial charge in [0.1, 0.15) is 0 Å². The molecule has 7 heteroatoms. The minimum atomic E-state index is -3.37. The van der Waals surface area contributed by atoms with Crippen LogP contribution in [0.15, 0.2) is 35.2 Å². The molecule has 0 radical (unpaired) electrons. The van der Waals surface area contributed by atoms with E-state index in [-0.39, 0.29) is 4.90 Å². The fourth-order valence-corrected chi connectivity index (χ4v) is 1.93. The average molecular weight is 283 g/mol. The molecule has 102 valence electrons. The highest BCUT2D eigenvalue weighted by Gasteiger charge is 2.10. The number of hydrogen-bond acceptors (Lipinski definition) is 4. The van der Waals surface area contributed by atoms with Crippen molar-refractivity contribution in [3.05, 3.63) is 35.9 Å². The molecule has 0 bridgehead atoms. The Hall–Kier alpha value is -2.15. The van der Waals surface area contributed by atoms with E-state index < -0.39 is 21.7 Å². The third kappa shape index (κ3) is 4.55. The summed E-state index contributed by atoms with van der Waals surface area (Å²) in [5.74, 6) is -1.88. The van der Waals surface area contributed by atoms with Gasteiger partial charge in [-0.3, -0.25) is 4.79 Å². The average Bonchev–Trinajstić information content (AvgIpc) is 2.28. The van der Waals surface area contributed by atoms with E-state index in [1.807, 2.05) is 0 Å². The van der Waals surface area contributed by atoms with Crippen molar-refractivity contribution in [2.24, 2.45) is 0 Å². The zero-order valence-electron chi connectivity index (χ0n) is 10.4. The van der Waals surface area contributed by atoms with Gasteiger partial charge in [0.25, 0.3) is 0 Å². The number of rotatable bonds is 4. The summed E-state index contributed by atoms with van der Waals surface area (Å²) >= 11 is 0. The molecule has 0 aliphatic rings. The van der Waals surface area contributed by atoms with E-state index in [2.05, 4.69) is 5.32 Å². The first-order valence-electron chi connectivity index (χ1n) is 5.23. The fourth-order valence-electron chi connectivity index (χ4n) is 1.29. The zero-order valence-corrected chi connectivity index (χ0v) is 11.2. The molecule has 1 aromatic rings. The van der Waals surface area contributed by atoms with Crippen LogP contribution in [0.3, 0.4) is 0 Å². The third-order valence-electron chi connectivity index (χ3n) is 2.27. The third-order valence-corrected chi connectivity index (χ3v) is 3.38. The quantitative estimate of drug-likeness (QED) is 0.802. The van der Waals surface area contributed by atoms with Gasteiger partial charge in [-0.05, 0) is 24.6 Å². The summed E-state index contributed by atoms with van der Waals surface area (Å²) in [7, 11) is -3.37. The second-order valence-electron chi connectivity index (χ2n) is 3.91. The first kappa shape index (κ1) is 14.9. The van der Waals surface area contributed by atoms with Crippen LogP contribution >= 0.6 is 0 Å². The van der Waals surface area contributed by atoms with Gasteiger partial charge in [0, 0.05) is 24.1 Å². The molecule has 0 aliphatic heterocycles. The Labute approximate surface area is 110 Å². The minimum absolute atomic E-state index is 0.0793. The summed E-state index contributed by atoms with van der Waals surface area (Å²) in [6.45, 7) is 1.70. The highest BCUT2D eigenvalue weighted by molar-refractivity contribution is 7.90. The van der Waals surface area contributed by atoms with Gasteiger partial charge in [0.15, 0.2) is 9.84 Å². The molecule has 2 N–H and O–H groups in total. The first-order valence-corrected chi connectivity index (χ1v) is 7.12. The molecular weight excluding hydrogens is 270 g/mol. The number of carbonyl (C=O) groups excluding carboxylic acids is 1. The van der Waals surface area contributed by atoms with E-state index in [1.54, 1.807) is 13.0 Å². The Kier molecular flexibility index (Phi) is 4.44. The Balaban J connectivity index is 3.01. The number of carboxylic acids is 1. The van der Waals surface area contributed by atoms with Gasteiger partial charge in [-0.15, -0.1) is 0 Å². The Morgan fingerprint density at radius 3 is 2.42 bits per heavy atom. The number of hydrogen-bond donors (Lipinski definition) is 2. The number of carboxylic acid groups (broad SMARTS) is 1. The van der Waals surface area contributed by atoms with Crippen molar-refractivity contribution >= 4 is 27.4 Å². The van der Waals surface area contributed by atoms with E-state index in [1.165, 1.54) is 12.1 Å². The van der Waals surface area contributed by atoms with Crippen molar-refractivity contribution in [2.75, 3.05) is 11.6 Å². The number of aliphatic carboxylic acids is 1. The van der Waals surface area contributed by atoms with Gasteiger partial charge in [-0.1, -0.05) is 6.07 Å². The predicted octanol–water partition coefficient (Wildman–Crippen LogP) is 0.978. The summed E-state index contributed by atoms with van der Waals surface area (Å²) < 4.78 is 22.8. The second-order valence-corrected chi connectivity index (χ2v) is 5.93. The van der Waals surface area contributed by atoms with Crippen LogP contribution < -0.4 is 5.32 Å². The van der Waals surface area contributed by atoms with Crippen LogP contribution in [-0.2, 0) is 19.4 Å². The molecule has 1 aromatic carbocycles. The largest absolute Gasteiger partial charge is 0.478 e. The number of benzene rings is 1. The summed E-state index contributed by atoms with van der Waals surface area (Å²) in [5.41, 5.74) is 0.993. The highest BCUT2D eigenvalue weighted by atomic mass is 32.2. The van der Waals surface area contributed by atoms with Gasteiger partial charge >= 0.3 is 5.97 Å². The number of amides is 1. The molecule has 0 saturated carbocycles. The van der Waals surface area contributed by atoms with Crippen molar-refractivity contribution in [1.29, 1.82) is 0 Å². The molecule has 19 heavy (non-hydrogen) atoms. The van der Waals surface area contributed by atoms with Crippen molar-refractivity contribution in [3.63, 3.8) is 0 Å². The normalized spacial score (nSPS) is 11.5. The molecule has 0 aromatic heterocycles. The van der Waals surface area contributed by atoms with E-state index in [9.17, 15) is 18.0 Å². The van der Waals surface area contributed by atoms with E-state index in [0.717, 1.165) is 12.3 Å². The van der Waals surface area contributed by atoms with Crippen LogP contribution in [0.4, 0.5) is 5.69 Å². The Morgan fingerprint density at radius 1 is 1.26 bits per heavy atom. The maximum Gasteiger partial charge on any atom is 0.328 e. The Bertz CT molecular complexity index is 646. The van der Waals surface area contributed by atoms with Crippen LogP contribution in [0.1, 0.15) is 5.56 Å². The maximum atomic E-state index is 11.4. The zero-order chi connectivity index (χ0) is 14.6. The lowest BCUT2D eigenvalue weighted by Gasteiger charge is -2.08. The number of anilines is 1. The molecule has 0 unspecified atom stereocenters. The van der Waals surface area contributed by atoms with Crippen LogP contribution in [0.5, 0.6) is 0 Å². The first-order chi connectivity index (χ1) is 8.70. The fraction of sp³-hybridized carbons (Fsp3) is 0.167. The van der Waals surface area contributed by atoms with Crippen LogP contribution in [0, 0.1) is 6.92 Å². The SMILES string of the molecule is Cc1ccc(S(C)(=O)=O)cc1NC(=O)/C=C/C(=O)O. The number of carbonyl (C=O) groups is 2. The summed E-state index contributed by atoms with van der Waals surface area (Å²) in [6.07, 6.45) is 2.62. The second kappa shape index (κ2) is 5.66. The molecular formula is C12H13NO5S. The van der Waals surface area contributed by atoms with Crippen molar-refractivity contribution < 1.29 is 23.1 Å². The lowest BCUT2D eigenvalue weighted by Crippen LogP contribution is -2.10. The molecule has 0 saturated heterocycles. The summed E-state index contributed by atoms with van der Waals surface area (Å²) in [4.78, 5) is 21.8. The van der Waals surface area contributed by atoms with Crippen LogP contribution in [0.25, 0.3) is 0 Å². The molecule has 1 rings (SSSR count). The number of aryl methyl sites for hydroxylation is 1. The predicted molar refractivity (Wildman–Crippen MR) is 69.7 cm³/mol. The topological polar surface area (TPSA) is 101 Å². The monoisotopic (exact) mass is 283 g/mol. The molecule has 6 nitrogen and oxygen atoms in total. The highest BCUT2D eigenvalue weighted by Crippen LogP contribution is 2.20. The molecule has 0 atom stereocenters. The Morgan fingerprint density at radius 2 is 1.89 bits per heavy atom. The lowest BCUT2D eigenvalue weighted by atomic mass is 10.2. The van der Waals surface area contributed by atoms with E-state index >= 15 is 0 Å². The van der Waals surface area contributed by atoms with E-state index in [0.29, 0.717) is 17.3 Å². The molecule has 0 fully saturated rings. The van der Waals surface area contributed by atoms with Crippen LogP contribution in [0.2, 0.25) is 0 Å². The smallest absolute Gasteiger partial charge is 0.328 e. The molecule has 0 heterocycles. The standard InChI is InChI=1S/C12H13NO5S/c1-8-3-4-9(19(2,17)18)7-10(8)13-11(14)5-6-12(15)16/h3-7H,1-2H3,(H,13,14)(H,15,16)/b6-5+.